The maximum absolute atomic E-state index is 13.3. The minimum absolute atomic E-state index is 0.175. The lowest BCUT2D eigenvalue weighted by molar-refractivity contribution is 0.218. The summed E-state index contributed by atoms with van der Waals surface area (Å²) in [6.45, 7) is 12.9. The standard InChI is InChI=1S/C23H33FN4S.C10H12/c1-17-8-6-7-9-21(17)22(27-19(3)23(29-24)16-25-4)14-18(2)26-15-20-10-12-28(5)13-11-20;1-2-3-7-10-8-5-4-6-9-10/h6-9,14,16,20,26H,10-13,15H2,1-5H3;2,4-6,8-9H,1,3,7H2/b18-14+,23-19-,25-16?,27-22+;. The van der Waals surface area contributed by atoms with Crippen LogP contribution in [0.2, 0.25) is 0 Å². The Morgan fingerprint density at radius 2 is 1.77 bits per heavy atom. The van der Waals surface area contributed by atoms with Crippen LogP contribution in [0.3, 0.4) is 0 Å². The summed E-state index contributed by atoms with van der Waals surface area (Å²) >= 11 is 0.175. The zero-order valence-electron chi connectivity index (χ0n) is 24.3. The molecule has 210 valence electrons. The molecule has 0 spiro atoms. The fraction of sp³-hybridized carbons (Fsp3) is 0.394. The molecule has 1 N–H and O–H groups in total. The molecule has 2 aromatic rings. The highest BCUT2D eigenvalue weighted by molar-refractivity contribution is 7.99. The van der Waals surface area contributed by atoms with Crippen LogP contribution in [0.5, 0.6) is 0 Å². The molecule has 0 aliphatic carbocycles. The van der Waals surface area contributed by atoms with Crippen molar-refractivity contribution in [3.63, 3.8) is 0 Å². The Hall–Kier alpha value is -2.96. The van der Waals surface area contributed by atoms with Crippen molar-refractivity contribution in [2.45, 2.75) is 46.5 Å². The number of nitrogens with one attached hydrogen (secondary N) is 1. The molecule has 1 aliphatic rings. The van der Waals surface area contributed by atoms with Gasteiger partial charge in [-0.3, -0.25) is 9.98 Å². The molecule has 1 fully saturated rings. The van der Waals surface area contributed by atoms with Crippen LogP contribution in [0.25, 0.3) is 0 Å². The number of hydrogen-bond donors (Lipinski definition) is 1. The van der Waals surface area contributed by atoms with Crippen molar-refractivity contribution in [3.05, 3.63) is 106 Å². The Bertz CT molecular complexity index is 1130. The number of halogens is 1. The summed E-state index contributed by atoms with van der Waals surface area (Å²) in [6.07, 6.45) is 10.2. The Balaban J connectivity index is 0.000000446. The Morgan fingerprint density at radius 3 is 2.38 bits per heavy atom. The summed E-state index contributed by atoms with van der Waals surface area (Å²) in [6, 6.07) is 18.6. The molecule has 1 aliphatic heterocycles. The monoisotopic (exact) mass is 548 g/mol. The summed E-state index contributed by atoms with van der Waals surface area (Å²) in [5.41, 5.74) is 6.08. The van der Waals surface area contributed by atoms with E-state index in [1.807, 2.05) is 31.2 Å². The molecule has 0 saturated carbocycles. The largest absolute Gasteiger partial charge is 0.388 e. The Morgan fingerprint density at radius 1 is 1.10 bits per heavy atom. The molecule has 0 unspecified atom stereocenters. The average Bonchev–Trinajstić information content (AvgIpc) is 2.95. The summed E-state index contributed by atoms with van der Waals surface area (Å²) in [7, 11) is 3.81. The predicted molar refractivity (Wildman–Crippen MR) is 170 cm³/mol. The average molecular weight is 549 g/mol. The van der Waals surface area contributed by atoms with E-state index in [1.165, 1.54) is 24.6 Å². The number of likely N-dealkylation sites (tertiary alicyclic amines) is 1. The molecule has 4 nitrogen and oxygen atoms in total. The van der Waals surface area contributed by atoms with Crippen LogP contribution < -0.4 is 5.32 Å². The fourth-order valence-corrected chi connectivity index (χ4v) is 4.60. The van der Waals surface area contributed by atoms with Gasteiger partial charge < -0.3 is 10.2 Å². The highest BCUT2D eigenvalue weighted by atomic mass is 32.2. The number of nitrogens with zero attached hydrogens (tertiary/aromatic N) is 3. The van der Waals surface area contributed by atoms with Crippen LogP contribution in [-0.2, 0) is 6.42 Å². The molecule has 3 rings (SSSR count). The maximum Gasteiger partial charge on any atom is 0.0847 e. The summed E-state index contributed by atoms with van der Waals surface area (Å²) < 4.78 is 13.3. The van der Waals surface area contributed by atoms with Gasteiger partial charge in [0.05, 0.1) is 28.5 Å². The Kier molecular flexibility index (Phi) is 15.2. The first-order valence-corrected chi connectivity index (χ1v) is 14.4. The number of piperidine rings is 1. The summed E-state index contributed by atoms with van der Waals surface area (Å²) in [5, 5.41) is 3.57. The number of aryl methyl sites for hydroxylation is 2. The maximum atomic E-state index is 13.3. The second-order valence-corrected chi connectivity index (χ2v) is 10.6. The first kappa shape index (κ1) is 32.3. The van der Waals surface area contributed by atoms with Crippen LogP contribution >= 0.6 is 12.1 Å². The van der Waals surface area contributed by atoms with Gasteiger partial charge in [-0.15, -0.1) is 6.58 Å². The SMILES string of the molecule is C=CCCc1ccccc1.CN=C/C(SF)=C(C)/N=C(\C=C(/C)NCC1CCN(C)CC1)c1ccccc1C. The molecule has 0 amide bonds. The van der Waals surface area contributed by atoms with E-state index >= 15 is 0 Å². The van der Waals surface area contributed by atoms with Gasteiger partial charge in [0, 0.05) is 31.1 Å². The van der Waals surface area contributed by atoms with Crippen LogP contribution in [0, 0.1) is 12.8 Å². The van der Waals surface area contributed by atoms with E-state index in [0.29, 0.717) is 16.5 Å². The van der Waals surface area contributed by atoms with Crippen LogP contribution in [-0.4, -0.2) is 50.6 Å². The molecule has 0 atom stereocenters. The lowest BCUT2D eigenvalue weighted by Crippen LogP contribution is -2.34. The number of rotatable bonds is 11. The molecule has 6 heteroatoms. The molecular weight excluding hydrogens is 503 g/mol. The van der Waals surface area contributed by atoms with Gasteiger partial charge in [0.25, 0.3) is 0 Å². The van der Waals surface area contributed by atoms with E-state index in [9.17, 15) is 3.89 Å². The lowest BCUT2D eigenvalue weighted by Gasteiger charge is -2.29. The van der Waals surface area contributed by atoms with Crippen molar-refractivity contribution < 1.29 is 3.89 Å². The molecule has 0 radical (unpaired) electrons. The third kappa shape index (κ3) is 12.2. The molecular formula is C33H45FN4S. The lowest BCUT2D eigenvalue weighted by atomic mass is 9.97. The smallest absolute Gasteiger partial charge is 0.0847 e. The highest BCUT2D eigenvalue weighted by Gasteiger charge is 2.16. The van der Waals surface area contributed by atoms with Crippen molar-refractivity contribution in [3.8, 4) is 0 Å². The zero-order valence-corrected chi connectivity index (χ0v) is 25.1. The van der Waals surface area contributed by atoms with Crippen molar-refractivity contribution >= 4 is 24.1 Å². The Labute approximate surface area is 240 Å². The minimum atomic E-state index is 0.175. The second-order valence-electron chi connectivity index (χ2n) is 9.99. The van der Waals surface area contributed by atoms with Crippen molar-refractivity contribution in [2.75, 3.05) is 33.7 Å². The van der Waals surface area contributed by atoms with Crippen molar-refractivity contribution in [1.29, 1.82) is 0 Å². The third-order valence-electron chi connectivity index (χ3n) is 6.74. The third-order valence-corrected chi connectivity index (χ3v) is 7.30. The number of allylic oxidation sites excluding steroid dienone is 5. The molecule has 2 aromatic carbocycles. The number of aliphatic imine (C=N–C) groups is 2. The topological polar surface area (TPSA) is 40.0 Å². The van der Waals surface area contributed by atoms with Crippen molar-refractivity contribution in [1.82, 2.24) is 10.2 Å². The van der Waals surface area contributed by atoms with Gasteiger partial charge in [-0.1, -0.05) is 60.7 Å². The molecule has 39 heavy (non-hydrogen) atoms. The molecule has 1 heterocycles. The predicted octanol–water partition coefficient (Wildman–Crippen LogP) is 7.97. The number of hydrogen-bond acceptors (Lipinski definition) is 5. The summed E-state index contributed by atoms with van der Waals surface area (Å²) in [4.78, 5) is 11.5. The highest BCUT2D eigenvalue weighted by Crippen LogP contribution is 2.22. The quantitative estimate of drug-likeness (QED) is 0.229. The number of benzene rings is 2. The van der Waals surface area contributed by atoms with E-state index in [4.69, 9.17) is 4.99 Å². The van der Waals surface area contributed by atoms with E-state index < -0.39 is 0 Å². The fourth-order valence-electron chi connectivity index (χ4n) is 4.29. The first-order valence-electron chi connectivity index (χ1n) is 13.7. The van der Waals surface area contributed by atoms with Crippen LogP contribution in [0.1, 0.15) is 49.8 Å². The zero-order chi connectivity index (χ0) is 28.5. The van der Waals surface area contributed by atoms with Gasteiger partial charge in [0.1, 0.15) is 0 Å². The van der Waals surface area contributed by atoms with E-state index in [-0.39, 0.29) is 12.1 Å². The van der Waals surface area contributed by atoms with Gasteiger partial charge in [-0.2, -0.15) is 3.89 Å². The van der Waals surface area contributed by atoms with Crippen LogP contribution in [0.15, 0.2) is 99.6 Å². The minimum Gasteiger partial charge on any atom is -0.388 e. The van der Waals surface area contributed by atoms with Gasteiger partial charge in [0.2, 0.25) is 0 Å². The molecule has 1 saturated heterocycles. The van der Waals surface area contributed by atoms with E-state index in [0.717, 1.165) is 55.0 Å². The van der Waals surface area contributed by atoms with Gasteiger partial charge in [-0.25, -0.2) is 0 Å². The normalized spacial score (nSPS) is 15.9. The van der Waals surface area contributed by atoms with Crippen molar-refractivity contribution in [2.24, 2.45) is 15.9 Å². The molecule has 0 aromatic heterocycles. The molecule has 0 bridgehead atoms. The van der Waals surface area contributed by atoms with Gasteiger partial charge >= 0.3 is 0 Å². The van der Waals surface area contributed by atoms with Gasteiger partial charge in [0.15, 0.2) is 0 Å². The van der Waals surface area contributed by atoms with Crippen LogP contribution in [0.4, 0.5) is 3.89 Å². The van der Waals surface area contributed by atoms with E-state index in [2.05, 4.69) is 85.2 Å². The first-order chi connectivity index (χ1) is 18.9. The summed E-state index contributed by atoms with van der Waals surface area (Å²) in [5.74, 6) is 0.699. The van der Waals surface area contributed by atoms with Gasteiger partial charge in [-0.05, 0) is 89.7 Å². The van der Waals surface area contributed by atoms with E-state index in [1.54, 1.807) is 7.05 Å². The second kappa shape index (κ2) is 18.3.